The Kier molecular flexibility index (Phi) is 5.04. The number of H-pyrrole nitrogens is 1. The maximum Gasteiger partial charge on any atom is 0.0488 e. The van der Waals surface area contributed by atoms with Crippen molar-refractivity contribution >= 4 is 33.5 Å². The first-order valence-corrected chi connectivity index (χ1v) is 6.85. The van der Waals surface area contributed by atoms with E-state index in [1.807, 2.05) is 23.4 Å². The fourth-order valence-corrected chi connectivity index (χ4v) is 1.49. The van der Waals surface area contributed by atoms with Gasteiger partial charge in [-0.1, -0.05) is 22.6 Å². The average molecular weight is 317 g/mol. The number of nitrogens with zero attached hydrogens (tertiary/aromatic N) is 2. The first kappa shape index (κ1) is 12.4. The Labute approximate surface area is 104 Å². The van der Waals surface area contributed by atoms with Crippen molar-refractivity contribution in [1.82, 2.24) is 14.9 Å². The van der Waals surface area contributed by atoms with Crippen LogP contribution in [0, 0.1) is 0 Å². The highest BCUT2D eigenvalue weighted by atomic mass is 127. The van der Waals surface area contributed by atoms with Crippen LogP contribution in [0.4, 0.5) is 0 Å². The van der Waals surface area contributed by atoms with Crippen molar-refractivity contribution in [3.8, 4) is 0 Å². The van der Waals surface area contributed by atoms with Gasteiger partial charge in [-0.2, -0.15) is 0 Å². The number of rotatable bonds is 2. The molecule has 2 rings (SSSR count). The van der Waals surface area contributed by atoms with Gasteiger partial charge in [-0.25, -0.2) is 0 Å². The molecule has 0 unspecified atom stereocenters. The third-order valence-corrected chi connectivity index (χ3v) is 2.06. The number of aromatic amines is 1. The Morgan fingerprint density at radius 3 is 2.80 bits per heavy atom. The lowest BCUT2D eigenvalue weighted by atomic mass is 10.2. The minimum atomic E-state index is 0.950. The van der Waals surface area contributed by atoms with Crippen molar-refractivity contribution in [3.05, 3.63) is 30.2 Å². The lowest BCUT2D eigenvalue weighted by Gasteiger charge is -2.07. The zero-order valence-corrected chi connectivity index (χ0v) is 11.4. The number of aromatic nitrogens is 2. The molecule has 0 aliphatic rings. The summed E-state index contributed by atoms with van der Waals surface area (Å²) in [6.07, 6.45) is 5.76. The van der Waals surface area contributed by atoms with Crippen molar-refractivity contribution < 1.29 is 0 Å². The maximum absolute atomic E-state index is 4.11. The highest BCUT2D eigenvalue weighted by Crippen LogP contribution is 2.16. The fourth-order valence-electron chi connectivity index (χ4n) is 1.49. The summed E-state index contributed by atoms with van der Waals surface area (Å²) in [6.45, 7) is 0.950. The Bertz CT molecular complexity index is 409. The van der Waals surface area contributed by atoms with Gasteiger partial charge in [0.05, 0.1) is 0 Å². The number of fused-ring (bicyclic) bond motifs is 1. The van der Waals surface area contributed by atoms with Gasteiger partial charge in [0.2, 0.25) is 0 Å². The molecule has 2 aromatic rings. The third kappa shape index (κ3) is 3.17. The first-order valence-electron chi connectivity index (χ1n) is 4.70. The minimum absolute atomic E-state index is 0.950. The molecule has 0 saturated carbocycles. The fraction of sp³-hybridized carbons (Fsp3) is 0.364. The second-order valence-corrected chi connectivity index (χ2v) is 3.47. The van der Waals surface area contributed by atoms with E-state index in [9.17, 15) is 0 Å². The van der Waals surface area contributed by atoms with Crippen LogP contribution in [-0.4, -0.2) is 33.9 Å². The zero-order valence-electron chi connectivity index (χ0n) is 9.29. The topological polar surface area (TPSA) is 31.9 Å². The van der Waals surface area contributed by atoms with E-state index in [1.165, 1.54) is 10.9 Å². The van der Waals surface area contributed by atoms with E-state index in [2.05, 4.69) is 51.6 Å². The van der Waals surface area contributed by atoms with E-state index in [0.29, 0.717) is 0 Å². The quantitative estimate of drug-likeness (QED) is 0.682. The number of pyridine rings is 1. The number of hydrogen-bond acceptors (Lipinski definition) is 2. The molecule has 1 N–H and O–H groups in total. The van der Waals surface area contributed by atoms with Crippen LogP contribution in [0.1, 0.15) is 5.56 Å². The smallest absolute Gasteiger partial charge is 0.0488 e. The normalized spacial score (nSPS) is 10.2. The van der Waals surface area contributed by atoms with E-state index in [0.717, 1.165) is 12.1 Å². The largest absolute Gasteiger partial charge is 0.361 e. The molecule has 0 bridgehead atoms. The summed E-state index contributed by atoms with van der Waals surface area (Å²) in [5.74, 6) is 0. The molecule has 0 amide bonds. The van der Waals surface area contributed by atoms with Crippen LogP contribution < -0.4 is 0 Å². The molecule has 3 nitrogen and oxygen atoms in total. The van der Waals surface area contributed by atoms with E-state index in [4.69, 9.17) is 0 Å². The van der Waals surface area contributed by atoms with E-state index in [1.54, 1.807) is 6.20 Å². The molecule has 0 spiro atoms. The maximum atomic E-state index is 4.11. The molecule has 0 fully saturated rings. The lowest BCUT2D eigenvalue weighted by molar-refractivity contribution is 0.404. The van der Waals surface area contributed by atoms with Gasteiger partial charge in [-0.3, -0.25) is 4.98 Å². The van der Waals surface area contributed by atoms with E-state index < -0.39 is 0 Å². The Hall–Kier alpha value is -0.620. The molecular formula is C11H16IN3. The number of hydrogen-bond donors (Lipinski definition) is 1. The summed E-state index contributed by atoms with van der Waals surface area (Å²) in [5, 5.41) is 1.22. The Morgan fingerprint density at radius 1 is 1.40 bits per heavy atom. The molecule has 0 aliphatic carbocycles. The van der Waals surface area contributed by atoms with E-state index in [-0.39, 0.29) is 0 Å². The summed E-state index contributed by atoms with van der Waals surface area (Å²) in [7, 11) is 4.13. The van der Waals surface area contributed by atoms with Crippen LogP contribution in [0.15, 0.2) is 24.7 Å². The van der Waals surface area contributed by atoms with Gasteiger partial charge in [0.15, 0.2) is 0 Å². The van der Waals surface area contributed by atoms with Gasteiger partial charge in [0, 0.05) is 36.0 Å². The van der Waals surface area contributed by atoms with Gasteiger partial charge in [-0.05, 0) is 30.7 Å². The van der Waals surface area contributed by atoms with Gasteiger partial charge < -0.3 is 9.88 Å². The highest BCUT2D eigenvalue weighted by Gasteiger charge is 2.03. The summed E-state index contributed by atoms with van der Waals surface area (Å²) in [5.41, 5.74) is 2.46. The molecule has 0 atom stereocenters. The minimum Gasteiger partial charge on any atom is -0.361 e. The number of alkyl halides is 1. The standard InChI is InChI=1S/C10H13N3.CH3I/c1-13(2)7-8-5-12-10-3-4-11-6-9(8)10;1-2/h3-6,12H,7H2,1-2H3;1H3. The molecular weight excluding hydrogens is 301 g/mol. The van der Waals surface area contributed by atoms with Crippen LogP contribution in [0.3, 0.4) is 0 Å². The average Bonchev–Trinajstić information content (AvgIpc) is 2.64. The molecule has 82 valence electrons. The van der Waals surface area contributed by atoms with Gasteiger partial charge in [0.1, 0.15) is 0 Å². The van der Waals surface area contributed by atoms with Crippen LogP contribution in [0.2, 0.25) is 0 Å². The molecule has 0 saturated heterocycles. The first-order chi connectivity index (χ1) is 7.27. The second-order valence-electron chi connectivity index (χ2n) is 3.47. The molecule has 4 heteroatoms. The zero-order chi connectivity index (χ0) is 11.3. The van der Waals surface area contributed by atoms with Crippen molar-refractivity contribution in [1.29, 1.82) is 0 Å². The predicted octanol–water partition coefficient (Wildman–Crippen LogP) is 2.68. The molecule has 2 aromatic heterocycles. The third-order valence-electron chi connectivity index (χ3n) is 2.06. The highest BCUT2D eigenvalue weighted by molar-refractivity contribution is 14.1. The summed E-state index contributed by atoms with van der Waals surface area (Å²) < 4.78 is 0. The Balaban J connectivity index is 0.000000531. The molecule has 2 heterocycles. The van der Waals surface area contributed by atoms with Crippen LogP contribution in [0.5, 0.6) is 0 Å². The summed E-state index contributed by atoms with van der Waals surface area (Å²) in [6, 6.07) is 1.99. The summed E-state index contributed by atoms with van der Waals surface area (Å²) >= 11 is 2.15. The molecule has 0 radical (unpaired) electrons. The monoisotopic (exact) mass is 317 g/mol. The van der Waals surface area contributed by atoms with Gasteiger partial charge in [0.25, 0.3) is 0 Å². The molecule has 15 heavy (non-hydrogen) atoms. The molecule has 0 aromatic carbocycles. The molecule has 0 aliphatic heterocycles. The van der Waals surface area contributed by atoms with Crippen molar-refractivity contribution in [3.63, 3.8) is 0 Å². The van der Waals surface area contributed by atoms with Gasteiger partial charge in [-0.15, -0.1) is 0 Å². The van der Waals surface area contributed by atoms with Crippen molar-refractivity contribution in [2.45, 2.75) is 6.54 Å². The van der Waals surface area contributed by atoms with E-state index >= 15 is 0 Å². The Morgan fingerprint density at radius 2 is 2.13 bits per heavy atom. The van der Waals surface area contributed by atoms with Crippen LogP contribution in [0.25, 0.3) is 10.9 Å². The number of nitrogens with one attached hydrogen (secondary N) is 1. The van der Waals surface area contributed by atoms with Crippen molar-refractivity contribution in [2.24, 2.45) is 0 Å². The SMILES string of the molecule is CI.CN(C)Cc1c[nH]c2ccncc12. The summed E-state index contributed by atoms with van der Waals surface area (Å²) in [4.78, 5) is 11.5. The lowest BCUT2D eigenvalue weighted by Crippen LogP contribution is -2.10. The number of halogens is 1. The predicted molar refractivity (Wildman–Crippen MR) is 73.4 cm³/mol. The second kappa shape index (κ2) is 6.07. The van der Waals surface area contributed by atoms with Gasteiger partial charge >= 0.3 is 0 Å². The van der Waals surface area contributed by atoms with Crippen molar-refractivity contribution in [2.75, 3.05) is 19.0 Å². The van der Waals surface area contributed by atoms with Crippen LogP contribution >= 0.6 is 22.6 Å². The van der Waals surface area contributed by atoms with Crippen LogP contribution in [-0.2, 0) is 6.54 Å².